The minimum Gasteiger partial charge on any atom is -0.393 e. The van der Waals surface area contributed by atoms with E-state index >= 15 is 0 Å². The molecule has 4 bridgehead atoms. The van der Waals surface area contributed by atoms with Crippen molar-refractivity contribution in [3.05, 3.63) is 12.2 Å². The third-order valence-corrected chi connectivity index (χ3v) is 9.25. The molecule has 0 amide bonds. The maximum Gasteiger partial charge on any atom is 0.206 e. The van der Waals surface area contributed by atoms with Gasteiger partial charge in [0.05, 0.1) is 23.7 Å². The molecule has 7 heteroatoms. The summed E-state index contributed by atoms with van der Waals surface area (Å²) >= 11 is 0. The van der Waals surface area contributed by atoms with Gasteiger partial charge in [-0.2, -0.15) is 0 Å². The number of hydrogen-bond donors (Lipinski definition) is 5. The summed E-state index contributed by atoms with van der Waals surface area (Å²) in [4.78, 5) is 0. The molecule has 28 heavy (non-hydrogen) atoms. The van der Waals surface area contributed by atoms with Crippen molar-refractivity contribution in [2.24, 2.45) is 34.0 Å². The molecule has 0 aromatic rings. The standard InChI is InChI=1S/C21H32O7/c1-9-10-8-11(22)12-19-7-5-6-18(2,3)13(19)16(25)21(26,28-17(19)27-4)20(12,14(9)23)15(10)24/h10-17,22-26H,1,5-8H2,2-4H3/t10-,11+,12+,13-,14-,15-,16+,17+,19-,20+,21+/m1/s1. The summed E-state index contributed by atoms with van der Waals surface area (Å²) in [6, 6.07) is 0. The van der Waals surface area contributed by atoms with Crippen LogP contribution in [-0.2, 0) is 9.47 Å². The first kappa shape index (κ1) is 19.4. The van der Waals surface area contributed by atoms with Gasteiger partial charge in [0.2, 0.25) is 5.79 Å². The fraction of sp³-hybridized carbons (Fsp3) is 0.905. The number of hydrogen-bond acceptors (Lipinski definition) is 7. The Bertz CT molecular complexity index is 724. The van der Waals surface area contributed by atoms with Crippen LogP contribution in [-0.4, -0.2) is 69.1 Å². The Kier molecular flexibility index (Phi) is 3.73. The SMILES string of the molecule is C=C1[C@H]2C[C@H](O)[C@H]3[C@]45CCCC(C)(C)[C@H]4[C@H](O)[C@](O)(O[C@@H]5OC)[C@@]3([C@@H]1O)[C@@H]2O. The first-order valence-electron chi connectivity index (χ1n) is 10.4. The van der Waals surface area contributed by atoms with Crippen LogP contribution < -0.4 is 0 Å². The van der Waals surface area contributed by atoms with Crippen LogP contribution in [0.5, 0.6) is 0 Å². The first-order chi connectivity index (χ1) is 13.0. The second kappa shape index (κ2) is 5.38. The van der Waals surface area contributed by atoms with Crippen molar-refractivity contribution in [3.8, 4) is 0 Å². The highest BCUT2D eigenvalue weighted by atomic mass is 16.8. The molecule has 6 aliphatic rings. The quantitative estimate of drug-likeness (QED) is 0.400. The minimum absolute atomic E-state index is 0.265. The Morgan fingerprint density at radius 1 is 1.07 bits per heavy atom. The Morgan fingerprint density at radius 2 is 1.75 bits per heavy atom. The lowest BCUT2D eigenvalue weighted by Crippen LogP contribution is -2.87. The van der Waals surface area contributed by atoms with E-state index in [4.69, 9.17) is 9.47 Å². The molecule has 0 radical (unpaired) electrons. The molecule has 6 rings (SSSR count). The van der Waals surface area contributed by atoms with Crippen LogP contribution in [0.1, 0.15) is 39.5 Å². The van der Waals surface area contributed by atoms with E-state index in [9.17, 15) is 25.5 Å². The van der Waals surface area contributed by atoms with Gasteiger partial charge in [-0.05, 0) is 30.3 Å². The fourth-order valence-electron chi connectivity index (χ4n) is 8.55. The molecule has 5 N–H and O–H groups in total. The zero-order valence-corrected chi connectivity index (χ0v) is 16.7. The van der Waals surface area contributed by atoms with Crippen molar-refractivity contribution in [1.29, 1.82) is 0 Å². The zero-order chi connectivity index (χ0) is 20.4. The van der Waals surface area contributed by atoms with Crippen LogP contribution in [0, 0.1) is 34.0 Å². The van der Waals surface area contributed by atoms with Gasteiger partial charge in [-0.1, -0.05) is 26.8 Å². The van der Waals surface area contributed by atoms with Crippen molar-refractivity contribution >= 4 is 0 Å². The van der Waals surface area contributed by atoms with E-state index in [1.165, 1.54) is 7.11 Å². The van der Waals surface area contributed by atoms with Gasteiger partial charge in [-0.25, -0.2) is 0 Å². The second-order valence-electron chi connectivity index (χ2n) is 10.5. The molecule has 0 aromatic carbocycles. The van der Waals surface area contributed by atoms with Crippen LogP contribution in [0.4, 0.5) is 0 Å². The topological polar surface area (TPSA) is 120 Å². The van der Waals surface area contributed by atoms with Crippen molar-refractivity contribution in [2.45, 2.75) is 76.0 Å². The fourth-order valence-corrected chi connectivity index (χ4v) is 8.55. The molecule has 4 saturated carbocycles. The Morgan fingerprint density at radius 3 is 2.39 bits per heavy atom. The molecule has 0 aromatic heterocycles. The number of methoxy groups -OCH3 is 1. The monoisotopic (exact) mass is 396 g/mol. The Labute approximate surface area is 165 Å². The molecular formula is C21H32O7. The molecule has 11 atom stereocenters. The normalized spacial score (nSPS) is 61.8. The van der Waals surface area contributed by atoms with Gasteiger partial charge >= 0.3 is 0 Å². The highest BCUT2D eigenvalue weighted by Crippen LogP contribution is 2.78. The van der Waals surface area contributed by atoms with Crippen LogP contribution in [0.25, 0.3) is 0 Å². The summed E-state index contributed by atoms with van der Waals surface area (Å²) < 4.78 is 11.7. The largest absolute Gasteiger partial charge is 0.393 e. The van der Waals surface area contributed by atoms with Crippen molar-refractivity contribution in [2.75, 3.05) is 7.11 Å². The van der Waals surface area contributed by atoms with Gasteiger partial charge in [0.25, 0.3) is 0 Å². The average Bonchev–Trinajstić information content (AvgIpc) is 2.73. The predicted octanol–water partition coefficient (Wildman–Crippen LogP) is 0.140. The molecule has 0 unspecified atom stereocenters. The summed E-state index contributed by atoms with van der Waals surface area (Å²) in [5, 5.41) is 57.3. The molecule has 7 nitrogen and oxygen atoms in total. The van der Waals surface area contributed by atoms with E-state index in [2.05, 4.69) is 20.4 Å². The highest BCUT2D eigenvalue weighted by molar-refractivity contribution is 5.38. The number of ether oxygens (including phenoxy) is 2. The molecular weight excluding hydrogens is 364 g/mol. The van der Waals surface area contributed by atoms with Gasteiger partial charge in [0, 0.05) is 30.3 Å². The summed E-state index contributed by atoms with van der Waals surface area (Å²) in [5.74, 6) is -3.89. The first-order valence-corrected chi connectivity index (χ1v) is 10.4. The van der Waals surface area contributed by atoms with Crippen LogP contribution >= 0.6 is 0 Å². The summed E-state index contributed by atoms with van der Waals surface area (Å²) in [6.07, 6.45) is -2.91. The number of fused-ring (bicyclic) bond motifs is 2. The Balaban J connectivity index is 1.84. The molecule has 158 valence electrons. The minimum atomic E-state index is -2.25. The van der Waals surface area contributed by atoms with Gasteiger partial charge in [0.15, 0.2) is 6.29 Å². The van der Waals surface area contributed by atoms with E-state index in [0.717, 1.165) is 12.8 Å². The number of aliphatic hydroxyl groups is 5. The van der Waals surface area contributed by atoms with Crippen LogP contribution in [0.3, 0.4) is 0 Å². The smallest absolute Gasteiger partial charge is 0.206 e. The third-order valence-electron chi connectivity index (χ3n) is 9.25. The summed E-state index contributed by atoms with van der Waals surface area (Å²) in [7, 11) is 1.50. The van der Waals surface area contributed by atoms with Crippen molar-refractivity contribution < 1.29 is 35.0 Å². The lowest BCUT2D eigenvalue weighted by molar-refractivity contribution is -0.521. The van der Waals surface area contributed by atoms with E-state index in [-0.39, 0.29) is 11.8 Å². The van der Waals surface area contributed by atoms with Crippen LogP contribution in [0.15, 0.2) is 12.2 Å². The van der Waals surface area contributed by atoms with Crippen LogP contribution in [0.2, 0.25) is 0 Å². The maximum absolute atomic E-state index is 11.9. The molecule has 2 spiro atoms. The molecule has 2 aliphatic heterocycles. The summed E-state index contributed by atoms with van der Waals surface area (Å²) in [6.45, 7) is 8.08. The maximum atomic E-state index is 11.9. The molecule has 2 saturated heterocycles. The lowest BCUT2D eigenvalue weighted by Gasteiger charge is -2.76. The molecule has 2 heterocycles. The molecule has 4 aliphatic carbocycles. The number of rotatable bonds is 1. The summed E-state index contributed by atoms with van der Waals surface area (Å²) in [5.41, 5.74) is -2.42. The van der Waals surface area contributed by atoms with Gasteiger partial charge < -0.3 is 35.0 Å². The highest BCUT2D eigenvalue weighted by Gasteiger charge is 2.88. The third kappa shape index (κ3) is 1.67. The average molecular weight is 396 g/mol. The van der Waals surface area contributed by atoms with E-state index in [1.807, 2.05) is 0 Å². The Hall–Kier alpha value is -0.540. The predicted molar refractivity (Wildman–Crippen MR) is 97.6 cm³/mol. The molecule has 6 fully saturated rings. The second-order valence-corrected chi connectivity index (χ2v) is 10.5. The van der Waals surface area contributed by atoms with Crippen molar-refractivity contribution in [1.82, 2.24) is 0 Å². The number of aliphatic hydroxyl groups excluding tert-OH is 4. The van der Waals surface area contributed by atoms with Crippen molar-refractivity contribution in [3.63, 3.8) is 0 Å². The van der Waals surface area contributed by atoms with E-state index < -0.39 is 65.1 Å². The zero-order valence-electron chi connectivity index (χ0n) is 16.7. The van der Waals surface area contributed by atoms with Gasteiger partial charge in [0.1, 0.15) is 6.10 Å². The van der Waals surface area contributed by atoms with E-state index in [0.29, 0.717) is 12.0 Å². The van der Waals surface area contributed by atoms with Gasteiger partial charge in [-0.15, -0.1) is 0 Å². The lowest BCUT2D eigenvalue weighted by atomic mass is 9.35. The van der Waals surface area contributed by atoms with E-state index in [1.54, 1.807) is 0 Å². The van der Waals surface area contributed by atoms with Gasteiger partial charge in [-0.3, -0.25) is 0 Å².